The van der Waals surface area contributed by atoms with Gasteiger partial charge in [-0.1, -0.05) is 18.3 Å². The lowest BCUT2D eigenvalue weighted by Gasteiger charge is -2.14. The van der Waals surface area contributed by atoms with Gasteiger partial charge in [0.05, 0.1) is 5.69 Å². The summed E-state index contributed by atoms with van der Waals surface area (Å²) in [4.78, 5) is 18.4. The van der Waals surface area contributed by atoms with Crippen LogP contribution >= 0.6 is 11.3 Å². The van der Waals surface area contributed by atoms with E-state index in [1.807, 2.05) is 7.05 Å². The summed E-state index contributed by atoms with van der Waals surface area (Å²) in [6.45, 7) is 3.26. The lowest BCUT2D eigenvalue weighted by Crippen LogP contribution is -2.20. The molecule has 2 aliphatic rings. The highest BCUT2D eigenvalue weighted by atomic mass is 32.1. The molecule has 18 heavy (non-hydrogen) atoms. The van der Waals surface area contributed by atoms with E-state index in [0.717, 1.165) is 42.0 Å². The molecule has 2 aliphatic carbocycles. The summed E-state index contributed by atoms with van der Waals surface area (Å²) in [6, 6.07) is 0. The van der Waals surface area contributed by atoms with Crippen LogP contribution in [0.25, 0.3) is 0 Å². The Morgan fingerprint density at radius 2 is 2.22 bits per heavy atom. The van der Waals surface area contributed by atoms with E-state index in [-0.39, 0.29) is 0 Å². The summed E-state index contributed by atoms with van der Waals surface area (Å²) in [5, 5.41) is 10.1. The molecule has 1 heterocycles. The van der Waals surface area contributed by atoms with E-state index in [9.17, 15) is 9.90 Å². The van der Waals surface area contributed by atoms with Crippen LogP contribution in [0.4, 0.5) is 5.13 Å². The number of carbonyl (C=O) groups is 1. The highest BCUT2D eigenvalue weighted by Crippen LogP contribution is 2.45. The van der Waals surface area contributed by atoms with Crippen LogP contribution in [0.5, 0.6) is 0 Å². The monoisotopic (exact) mass is 266 g/mol. The van der Waals surface area contributed by atoms with Crippen LogP contribution in [-0.4, -0.2) is 29.7 Å². The summed E-state index contributed by atoms with van der Waals surface area (Å²) in [5.41, 5.74) is 0.818. The van der Waals surface area contributed by atoms with Crippen LogP contribution in [0.2, 0.25) is 0 Å². The average molecular weight is 266 g/mol. The largest absolute Gasteiger partial charge is 0.477 e. The van der Waals surface area contributed by atoms with Crippen molar-refractivity contribution in [2.45, 2.75) is 32.1 Å². The van der Waals surface area contributed by atoms with Crippen molar-refractivity contribution in [3.05, 3.63) is 10.6 Å². The Hall–Kier alpha value is -1.10. The molecular formula is C13H18N2O2S. The zero-order valence-electron chi connectivity index (χ0n) is 10.7. The maximum atomic E-state index is 11.2. The minimum absolute atomic E-state index is 0.398. The SMILES string of the molecule is CC1CC1CN(C)c1nc(C2CC2)c(C(=O)O)s1. The molecule has 0 spiro atoms. The number of nitrogens with zero attached hydrogens (tertiary/aromatic N) is 2. The first-order valence-electron chi connectivity index (χ1n) is 6.51. The van der Waals surface area contributed by atoms with Crippen LogP contribution in [0.15, 0.2) is 0 Å². The molecule has 0 aliphatic heterocycles. The van der Waals surface area contributed by atoms with Crippen molar-refractivity contribution in [1.82, 2.24) is 4.98 Å². The van der Waals surface area contributed by atoms with E-state index in [1.54, 1.807) is 0 Å². The van der Waals surface area contributed by atoms with Gasteiger partial charge in [-0.3, -0.25) is 0 Å². The second-order valence-corrected chi connectivity index (χ2v) is 6.62. The van der Waals surface area contributed by atoms with Gasteiger partial charge < -0.3 is 10.0 Å². The number of aromatic nitrogens is 1. The molecule has 2 saturated carbocycles. The van der Waals surface area contributed by atoms with Crippen molar-refractivity contribution in [1.29, 1.82) is 0 Å². The van der Waals surface area contributed by atoms with Crippen molar-refractivity contribution in [3.8, 4) is 0 Å². The number of hydrogen-bond donors (Lipinski definition) is 1. The molecule has 0 amide bonds. The van der Waals surface area contributed by atoms with Crippen molar-refractivity contribution in [3.63, 3.8) is 0 Å². The predicted molar refractivity (Wildman–Crippen MR) is 71.6 cm³/mol. The number of carboxylic acids is 1. The van der Waals surface area contributed by atoms with E-state index in [2.05, 4.69) is 16.8 Å². The quantitative estimate of drug-likeness (QED) is 0.890. The Balaban J connectivity index is 1.78. The van der Waals surface area contributed by atoms with Crippen LogP contribution < -0.4 is 4.90 Å². The number of anilines is 1. The fourth-order valence-electron chi connectivity index (χ4n) is 2.35. The van der Waals surface area contributed by atoms with E-state index >= 15 is 0 Å². The van der Waals surface area contributed by atoms with Gasteiger partial charge in [0.25, 0.3) is 0 Å². The molecule has 0 radical (unpaired) electrons. The van der Waals surface area contributed by atoms with Crippen molar-refractivity contribution in [2.24, 2.45) is 11.8 Å². The summed E-state index contributed by atoms with van der Waals surface area (Å²) in [5.74, 6) is 1.15. The molecule has 2 fully saturated rings. The molecule has 1 N–H and O–H groups in total. The first kappa shape index (κ1) is 12.0. The van der Waals surface area contributed by atoms with Crippen molar-refractivity contribution < 1.29 is 9.90 Å². The first-order chi connectivity index (χ1) is 8.56. The van der Waals surface area contributed by atoms with E-state index in [1.165, 1.54) is 17.8 Å². The van der Waals surface area contributed by atoms with E-state index in [4.69, 9.17) is 0 Å². The maximum absolute atomic E-state index is 11.2. The van der Waals surface area contributed by atoms with Gasteiger partial charge in [0.1, 0.15) is 4.88 Å². The number of rotatable bonds is 5. The topological polar surface area (TPSA) is 53.4 Å². The summed E-state index contributed by atoms with van der Waals surface area (Å²) in [6.07, 6.45) is 3.47. The van der Waals surface area contributed by atoms with Gasteiger partial charge in [-0.25, -0.2) is 9.78 Å². The highest BCUT2D eigenvalue weighted by molar-refractivity contribution is 7.17. The minimum atomic E-state index is -0.825. The van der Waals surface area contributed by atoms with Crippen LogP contribution in [-0.2, 0) is 0 Å². The van der Waals surface area contributed by atoms with E-state index in [0.29, 0.717) is 10.8 Å². The molecule has 2 atom stereocenters. The van der Waals surface area contributed by atoms with Gasteiger partial charge in [0, 0.05) is 19.5 Å². The lowest BCUT2D eigenvalue weighted by molar-refractivity contribution is 0.0700. The zero-order valence-corrected chi connectivity index (χ0v) is 11.5. The Bertz CT molecular complexity index is 481. The molecule has 3 rings (SSSR count). The molecular weight excluding hydrogens is 248 g/mol. The summed E-state index contributed by atoms with van der Waals surface area (Å²) >= 11 is 1.33. The molecule has 1 aromatic heterocycles. The third kappa shape index (κ3) is 2.23. The van der Waals surface area contributed by atoms with E-state index < -0.39 is 5.97 Å². The fourth-order valence-corrected chi connectivity index (χ4v) is 3.31. The third-order valence-corrected chi connectivity index (χ3v) is 5.08. The Labute approximate surface area is 111 Å². The lowest BCUT2D eigenvalue weighted by atomic mass is 10.2. The second-order valence-electron chi connectivity index (χ2n) is 5.64. The third-order valence-electron chi connectivity index (χ3n) is 3.91. The Morgan fingerprint density at radius 3 is 2.72 bits per heavy atom. The smallest absolute Gasteiger partial charge is 0.347 e. The molecule has 5 heteroatoms. The molecule has 2 unspecified atom stereocenters. The summed E-state index contributed by atoms with van der Waals surface area (Å²) < 4.78 is 0. The first-order valence-corrected chi connectivity index (χ1v) is 7.33. The van der Waals surface area contributed by atoms with Crippen LogP contribution in [0.3, 0.4) is 0 Å². The highest BCUT2D eigenvalue weighted by Gasteiger charge is 2.35. The van der Waals surface area contributed by atoms with Gasteiger partial charge in [0.2, 0.25) is 0 Å². The van der Waals surface area contributed by atoms with Gasteiger partial charge in [-0.15, -0.1) is 0 Å². The summed E-state index contributed by atoms with van der Waals surface area (Å²) in [7, 11) is 2.02. The maximum Gasteiger partial charge on any atom is 0.347 e. The van der Waals surface area contributed by atoms with Gasteiger partial charge in [0.15, 0.2) is 5.13 Å². The van der Waals surface area contributed by atoms with Gasteiger partial charge >= 0.3 is 5.97 Å². The predicted octanol–water partition coefficient (Wildman–Crippen LogP) is 2.81. The molecule has 0 saturated heterocycles. The minimum Gasteiger partial charge on any atom is -0.477 e. The van der Waals surface area contributed by atoms with Gasteiger partial charge in [-0.2, -0.15) is 0 Å². The number of aromatic carboxylic acids is 1. The van der Waals surface area contributed by atoms with Crippen molar-refractivity contribution >= 4 is 22.4 Å². The second kappa shape index (κ2) is 4.23. The molecule has 1 aromatic rings. The zero-order chi connectivity index (χ0) is 12.9. The molecule has 0 bridgehead atoms. The van der Waals surface area contributed by atoms with Crippen molar-refractivity contribution in [2.75, 3.05) is 18.5 Å². The number of thiazole rings is 1. The normalized spacial score (nSPS) is 26.1. The number of carboxylic acid groups (broad SMARTS) is 1. The van der Waals surface area contributed by atoms with Crippen LogP contribution in [0.1, 0.15) is 47.5 Å². The average Bonchev–Trinajstić information content (AvgIpc) is 3.21. The standard InChI is InChI=1S/C13H18N2O2S/c1-7-5-9(7)6-15(2)13-14-10(8-3-4-8)11(18-13)12(16)17/h7-9H,3-6H2,1-2H3,(H,16,17). The molecule has 98 valence electrons. The van der Waals surface area contributed by atoms with Gasteiger partial charge in [-0.05, 0) is 31.1 Å². The Kier molecular flexibility index (Phi) is 2.81. The number of hydrogen-bond acceptors (Lipinski definition) is 4. The van der Waals surface area contributed by atoms with Crippen LogP contribution in [0, 0.1) is 11.8 Å². The molecule has 0 aromatic carbocycles. The molecule has 4 nitrogen and oxygen atoms in total. The Morgan fingerprint density at radius 1 is 1.56 bits per heavy atom. The fraction of sp³-hybridized carbons (Fsp3) is 0.692.